The summed E-state index contributed by atoms with van der Waals surface area (Å²) in [6.45, 7) is 1.57. The van der Waals surface area contributed by atoms with Gasteiger partial charge in [-0.15, -0.1) is 0 Å². The Bertz CT molecular complexity index is 1960. The van der Waals surface area contributed by atoms with Gasteiger partial charge in [-0.25, -0.2) is 0 Å². The number of nitrogens with one attached hydrogen (secondary N) is 1. The molecule has 0 fully saturated rings. The van der Waals surface area contributed by atoms with E-state index in [2.05, 4.69) is 10.3 Å². The highest BCUT2D eigenvalue weighted by Gasteiger charge is 2.49. The SMILES string of the molecule is CCOC(=O)C1(COC(=O)Cc2ccc(NC(=O)c3cccc(OC)c3-c3ccc(C(F)(F)F)cc3)c(C(=O)N(C)C)c2)CCc2cccnc21. The van der Waals surface area contributed by atoms with Gasteiger partial charge in [0.25, 0.3) is 11.8 Å². The highest BCUT2D eigenvalue weighted by molar-refractivity contribution is 6.12. The Hall–Kier alpha value is -5.72. The van der Waals surface area contributed by atoms with Crippen LogP contribution in [-0.4, -0.2) is 68.1 Å². The van der Waals surface area contributed by atoms with Crippen molar-refractivity contribution in [2.75, 3.05) is 39.7 Å². The summed E-state index contributed by atoms with van der Waals surface area (Å²) in [5.41, 5.74) is 0.594. The van der Waals surface area contributed by atoms with Gasteiger partial charge in [0.1, 0.15) is 17.8 Å². The van der Waals surface area contributed by atoms with Crippen molar-refractivity contribution < 1.29 is 46.6 Å². The van der Waals surface area contributed by atoms with Crippen molar-refractivity contribution in [3.63, 3.8) is 0 Å². The van der Waals surface area contributed by atoms with E-state index in [0.29, 0.717) is 29.7 Å². The monoisotopic (exact) mass is 703 g/mol. The van der Waals surface area contributed by atoms with Crippen LogP contribution in [0, 0.1) is 0 Å². The minimum atomic E-state index is -4.54. The zero-order valence-corrected chi connectivity index (χ0v) is 28.4. The molecule has 1 heterocycles. The number of benzene rings is 3. The van der Waals surface area contributed by atoms with Crippen LogP contribution in [0.15, 0.2) is 79.0 Å². The number of carbonyl (C=O) groups is 4. The number of esters is 2. The number of pyridine rings is 1. The molecule has 1 unspecified atom stereocenters. The van der Waals surface area contributed by atoms with Crippen molar-refractivity contribution in [3.8, 4) is 16.9 Å². The third-order valence-electron chi connectivity index (χ3n) is 8.62. The molecule has 0 spiro atoms. The van der Waals surface area contributed by atoms with Gasteiger partial charge in [-0.2, -0.15) is 13.2 Å². The van der Waals surface area contributed by atoms with E-state index in [9.17, 15) is 32.3 Å². The lowest BCUT2D eigenvalue weighted by atomic mass is 9.86. The zero-order valence-electron chi connectivity index (χ0n) is 28.4. The maximum atomic E-state index is 13.8. The molecule has 3 aromatic carbocycles. The second-order valence-corrected chi connectivity index (χ2v) is 12.1. The Kier molecular flexibility index (Phi) is 10.8. The van der Waals surface area contributed by atoms with Gasteiger partial charge in [-0.1, -0.05) is 30.3 Å². The number of alkyl halides is 3. The van der Waals surface area contributed by atoms with Gasteiger partial charge in [0.15, 0.2) is 0 Å². The molecule has 4 aromatic rings. The van der Waals surface area contributed by atoms with Crippen molar-refractivity contribution in [2.45, 2.75) is 37.8 Å². The first-order chi connectivity index (χ1) is 24.3. The molecule has 0 radical (unpaired) electrons. The molecule has 0 bridgehead atoms. The largest absolute Gasteiger partial charge is 0.496 e. The molecule has 266 valence electrons. The topological polar surface area (TPSA) is 124 Å². The lowest BCUT2D eigenvalue weighted by Crippen LogP contribution is -2.41. The van der Waals surface area contributed by atoms with Crippen LogP contribution in [-0.2, 0) is 43.5 Å². The first kappa shape index (κ1) is 36.6. The molecule has 0 saturated carbocycles. The predicted molar refractivity (Wildman–Crippen MR) is 181 cm³/mol. The molecule has 51 heavy (non-hydrogen) atoms. The Morgan fingerprint density at radius 3 is 2.35 bits per heavy atom. The van der Waals surface area contributed by atoms with E-state index in [-0.39, 0.29) is 47.8 Å². The van der Waals surface area contributed by atoms with Crippen LogP contribution >= 0.6 is 0 Å². The van der Waals surface area contributed by atoms with Gasteiger partial charge < -0.3 is 24.4 Å². The number of halogens is 3. The van der Waals surface area contributed by atoms with Gasteiger partial charge >= 0.3 is 18.1 Å². The molecular formula is C38H36F3N3O7. The van der Waals surface area contributed by atoms with Crippen LogP contribution in [0.3, 0.4) is 0 Å². The molecule has 1 N–H and O–H groups in total. The molecule has 0 aliphatic heterocycles. The normalized spacial score (nSPS) is 15.0. The summed E-state index contributed by atoms with van der Waals surface area (Å²) in [5.74, 6) is -2.04. The quantitative estimate of drug-likeness (QED) is 0.182. The summed E-state index contributed by atoms with van der Waals surface area (Å²) >= 11 is 0. The molecule has 1 aliphatic rings. The van der Waals surface area contributed by atoms with E-state index < -0.39 is 40.9 Å². The summed E-state index contributed by atoms with van der Waals surface area (Å²) in [6, 6.07) is 17.1. The molecular weight excluding hydrogens is 667 g/mol. The third-order valence-corrected chi connectivity index (χ3v) is 8.62. The minimum absolute atomic E-state index is 0.0783. The van der Waals surface area contributed by atoms with Crippen LogP contribution < -0.4 is 10.1 Å². The summed E-state index contributed by atoms with van der Waals surface area (Å²) in [4.78, 5) is 59.0. The first-order valence-corrected chi connectivity index (χ1v) is 16.1. The number of aromatic nitrogens is 1. The predicted octanol–water partition coefficient (Wildman–Crippen LogP) is 6.26. The van der Waals surface area contributed by atoms with Gasteiger partial charge in [-0.3, -0.25) is 24.2 Å². The number of fused-ring (bicyclic) bond motifs is 1. The number of methoxy groups -OCH3 is 1. The van der Waals surface area contributed by atoms with Crippen LogP contribution in [0.4, 0.5) is 18.9 Å². The summed E-state index contributed by atoms with van der Waals surface area (Å²) in [5, 5.41) is 2.74. The van der Waals surface area contributed by atoms with Crippen LogP contribution in [0.5, 0.6) is 5.75 Å². The number of amides is 2. The molecule has 5 rings (SSSR count). The summed E-state index contributed by atoms with van der Waals surface area (Å²) < 4.78 is 56.1. The summed E-state index contributed by atoms with van der Waals surface area (Å²) in [7, 11) is 4.44. The average molecular weight is 704 g/mol. The van der Waals surface area contributed by atoms with Crippen molar-refractivity contribution >= 4 is 29.4 Å². The van der Waals surface area contributed by atoms with Crippen molar-refractivity contribution in [1.29, 1.82) is 0 Å². The molecule has 0 saturated heterocycles. The third kappa shape index (κ3) is 7.72. The van der Waals surface area contributed by atoms with Crippen molar-refractivity contribution in [2.24, 2.45) is 0 Å². The van der Waals surface area contributed by atoms with E-state index in [1.54, 1.807) is 37.4 Å². The van der Waals surface area contributed by atoms with Crippen LogP contribution in [0.1, 0.15) is 56.4 Å². The fraction of sp³-hybridized carbons (Fsp3) is 0.289. The maximum Gasteiger partial charge on any atom is 0.416 e. The van der Waals surface area contributed by atoms with E-state index in [1.165, 1.54) is 56.4 Å². The fourth-order valence-electron chi connectivity index (χ4n) is 6.06. The number of nitrogens with zero attached hydrogens (tertiary/aromatic N) is 2. The van der Waals surface area contributed by atoms with Crippen molar-refractivity contribution in [1.82, 2.24) is 9.88 Å². The highest BCUT2D eigenvalue weighted by atomic mass is 19.4. The molecule has 2 amide bonds. The van der Waals surface area contributed by atoms with Crippen LogP contribution in [0.25, 0.3) is 11.1 Å². The van der Waals surface area contributed by atoms with Crippen molar-refractivity contribution in [3.05, 3.63) is 113 Å². The summed E-state index contributed by atoms with van der Waals surface area (Å²) in [6.07, 6.45) is -2.26. The zero-order chi connectivity index (χ0) is 36.9. The Morgan fingerprint density at radius 1 is 0.941 bits per heavy atom. The second-order valence-electron chi connectivity index (χ2n) is 12.1. The molecule has 1 aliphatic carbocycles. The second kappa shape index (κ2) is 15.0. The fourth-order valence-corrected chi connectivity index (χ4v) is 6.06. The number of hydrogen-bond donors (Lipinski definition) is 1. The number of ether oxygens (including phenoxy) is 3. The number of hydrogen-bond acceptors (Lipinski definition) is 8. The van der Waals surface area contributed by atoms with Gasteiger partial charge in [0.2, 0.25) is 0 Å². The number of aryl methyl sites for hydroxylation is 1. The highest BCUT2D eigenvalue weighted by Crippen LogP contribution is 2.40. The number of carbonyl (C=O) groups excluding carboxylic acids is 4. The smallest absolute Gasteiger partial charge is 0.416 e. The van der Waals surface area contributed by atoms with Gasteiger partial charge in [0.05, 0.1) is 48.2 Å². The van der Waals surface area contributed by atoms with E-state index in [0.717, 1.165) is 17.7 Å². The Labute approximate surface area is 292 Å². The van der Waals surface area contributed by atoms with E-state index in [4.69, 9.17) is 14.2 Å². The molecule has 1 aromatic heterocycles. The standard InChI is InChI=1S/C38H36F3N3O7/c1-5-50-36(48)37(18-17-25-8-7-19-42-33(25)37)22-51-31(45)21-23-11-16-29(28(20-23)35(47)44(2)3)43-34(46)27-9-6-10-30(49-4)32(27)24-12-14-26(15-13-24)38(39,40)41/h6-16,19-20H,5,17-18,21-22H2,1-4H3,(H,43,46). The Balaban J connectivity index is 1.39. The first-order valence-electron chi connectivity index (χ1n) is 16.1. The van der Waals surface area contributed by atoms with Crippen LogP contribution in [0.2, 0.25) is 0 Å². The van der Waals surface area contributed by atoms with Gasteiger partial charge in [0, 0.05) is 25.9 Å². The molecule has 13 heteroatoms. The number of rotatable bonds is 11. The molecule has 1 atom stereocenters. The lowest BCUT2D eigenvalue weighted by Gasteiger charge is -2.26. The van der Waals surface area contributed by atoms with E-state index in [1.807, 2.05) is 6.07 Å². The van der Waals surface area contributed by atoms with Gasteiger partial charge in [-0.05, 0) is 78.9 Å². The van der Waals surface area contributed by atoms with E-state index >= 15 is 0 Å². The minimum Gasteiger partial charge on any atom is -0.496 e. The average Bonchev–Trinajstić information content (AvgIpc) is 3.50. The lowest BCUT2D eigenvalue weighted by molar-refractivity contribution is -0.157. The Morgan fingerprint density at radius 2 is 1.69 bits per heavy atom. The number of anilines is 1. The molecule has 10 nitrogen and oxygen atoms in total. The maximum absolute atomic E-state index is 13.8.